The summed E-state index contributed by atoms with van der Waals surface area (Å²) in [6.45, 7) is 2.06. The third kappa shape index (κ3) is 1.79. The molecule has 2 aliphatic rings. The zero-order valence-electron chi connectivity index (χ0n) is 9.88. The van der Waals surface area contributed by atoms with E-state index in [9.17, 15) is 13.6 Å². The summed E-state index contributed by atoms with van der Waals surface area (Å²) in [5.74, 6) is -1.77. The molecule has 5 heteroatoms. The standard InChI is InChI=1S/C13H14F2N2O/c14-9-1-2-10(11(15)7-9)12(18)17-6-5-16-8-13(17)3-4-13/h1-2,7,16H,3-6,8H2. The molecular formula is C13H14F2N2O. The number of nitrogens with zero attached hydrogens (tertiary/aromatic N) is 1. The molecular weight excluding hydrogens is 238 g/mol. The minimum atomic E-state index is -0.783. The Labute approximate surface area is 104 Å². The van der Waals surface area contributed by atoms with Crippen molar-refractivity contribution >= 4 is 5.91 Å². The predicted octanol–water partition coefficient (Wildman–Crippen LogP) is 1.54. The minimum absolute atomic E-state index is 0.0374. The largest absolute Gasteiger partial charge is 0.330 e. The van der Waals surface area contributed by atoms with Crippen molar-refractivity contribution in [3.63, 3.8) is 0 Å². The summed E-state index contributed by atoms with van der Waals surface area (Å²) < 4.78 is 26.5. The minimum Gasteiger partial charge on any atom is -0.330 e. The molecule has 1 aromatic carbocycles. The second kappa shape index (κ2) is 4.02. The maximum atomic E-state index is 13.6. The molecule has 1 spiro atoms. The van der Waals surface area contributed by atoms with Gasteiger partial charge in [-0.3, -0.25) is 4.79 Å². The van der Waals surface area contributed by atoms with Gasteiger partial charge in [0.05, 0.1) is 11.1 Å². The van der Waals surface area contributed by atoms with E-state index in [1.165, 1.54) is 6.07 Å². The van der Waals surface area contributed by atoms with Crippen molar-refractivity contribution in [1.29, 1.82) is 0 Å². The lowest BCUT2D eigenvalue weighted by molar-refractivity contribution is 0.0595. The molecule has 1 amide bonds. The molecule has 18 heavy (non-hydrogen) atoms. The molecule has 2 fully saturated rings. The van der Waals surface area contributed by atoms with Gasteiger partial charge in [0, 0.05) is 25.7 Å². The zero-order chi connectivity index (χ0) is 12.8. The number of nitrogens with one attached hydrogen (secondary N) is 1. The van der Waals surface area contributed by atoms with Crippen LogP contribution in [0.15, 0.2) is 18.2 Å². The van der Waals surface area contributed by atoms with Gasteiger partial charge in [0.25, 0.3) is 5.91 Å². The molecule has 1 aromatic rings. The summed E-state index contributed by atoms with van der Waals surface area (Å²) in [4.78, 5) is 14.1. The molecule has 0 unspecified atom stereocenters. The number of carbonyl (C=O) groups excluding carboxylic acids is 1. The van der Waals surface area contributed by atoms with Gasteiger partial charge in [-0.1, -0.05) is 0 Å². The van der Waals surface area contributed by atoms with Crippen molar-refractivity contribution < 1.29 is 13.6 Å². The Balaban J connectivity index is 1.89. The van der Waals surface area contributed by atoms with Gasteiger partial charge in [0.15, 0.2) is 0 Å². The van der Waals surface area contributed by atoms with Crippen LogP contribution in [0.1, 0.15) is 23.2 Å². The van der Waals surface area contributed by atoms with Gasteiger partial charge >= 0.3 is 0 Å². The monoisotopic (exact) mass is 252 g/mol. The van der Waals surface area contributed by atoms with Crippen molar-refractivity contribution in [1.82, 2.24) is 10.2 Å². The average Bonchev–Trinajstić information content (AvgIpc) is 3.09. The van der Waals surface area contributed by atoms with Crippen LogP contribution in [0.25, 0.3) is 0 Å². The quantitative estimate of drug-likeness (QED) is 0.822. The first-order valence-corrected chi connectivity index (χ1v) is 6.10. The van der Waals surface area contributed by atoms with Crippen LogP contribution >= 0.6 is 0 Å². The van der Waals surface area contributed by atoms with Crippen molar-refractivity contribution in [3.8, 4) is 0 Å². The fourth-order valence-electron chi connectivity index (χ4n) is 2.56. The van der Waals surface area contributed by atoms with E-state index in [2.05, 4.69) is 5.32 Å². The van der Waals surface area contributed by atoms with Crippen molar-refractivity contribution in [2.45, 2.75) is 18.4 Å². The molecule has 1 heterocycles. The highest BCUT2D eigenvalue weighted by molar-refractivity contribution is 5.95. The smallest absolute Gasteiger partial charge is 0.257 e. The average molecular weight is 252 g/mol. The number of rotatable bonds is 1. The summed E-state index contributed by atoms with van der Waals surface area (Å²) in [6.07, 6.45) is 1.91. The fraction of sp³-hybridized carbons (Fsp3) is 0.462. The number of piperazine rings is 1. The molecule has 1 N–H and O–H groups in total. The normalized spacial score (nSPS) is 21.1. The first-order valence-electron chi connectivity index (χ1n) is 6.10. The van der Waals surface area contributed by atoms with Gasteiger partial charge in [0.2, 0.25) is 0 Å². The second-order valence-electron chi connectivity index (χ2n) is 4.98. The number of halogens is 2. The number of carbonyl (C=O) groups is 1. The lowest BCUT2D eigenvalue weighted by Crippen LogP contribution is -2.55. The highest BCUT2D eigenvalue weighted by atomic mass is 19.1. The van der Waals surface area contributed by atoms with Crippen LogP contribution in [0.2, 0.25) is 0 Å². The molecule has 0 bridgehead atoms. The van der Waals surface area contributed by atoms with Crippen LogP contribution in [-0.4, -0.2) is 36.0 Å². The predicted molar refractivity (Wildman–Crippen MR) is 62.2 cm³/mol. The van der Waals surface area contributed by atoms with Gasteiger partial charge < -0.3 is 10.2 Å². The molecule has 1 aliphatic heterocycles. The summed E-state index contributed by atoms with van der Waals surface area (Å²) in [5, 5.41) is 3.25. The molecule has 0 radical (unpaired) electrons. The molecule has 0 aromatic heterocycles. The van der Waals surface area contributed by atoms with Crippen LogP contribution in [0.4, 0.5) is 8.78 Å². The molecule has 0 atom stereocenters. The first-order chi connectivity index (χ1) is 8.62. The van der Waals surface area contributed by atoms with Crippen molar-refractivity contribution in [3.05, 3.63) is 35.4 Å². The zero-order valence-corrected chi connectivity index (χ0v) is 9.88. The van der Waals surface area contributed by atoms with E-state index in [1.54, 1.807) is 4.90 Å². The first kappa shape index (κ1) is 11.6. The number of amides is 1. The van der Waals surface area contributed by atoms with E-state index in [1.807, 2.05) is 0 Å². The lowest BCUT2D eigenvalue weighted by Gasteiger charge is -2.36. The van der Waals surface area contributed by atoms with Crippen molar-refractivity contribution in [2.75, 3.05) is 19.6 Å². The van der Waals surface area contributed by atoms with E-state index < -0.39 is 11.6 Å². The molecule has 3 rings (SSSR count). The summed E-state index contributed by atoms with van der Waals surface area (Å²) >= 11 is 0. The lowest BCUT2D eigenvalue weighted by atomic mass is 10.1. The third-order valence-corrected chi connectivity index (χ3v) is 3.77. The number of hydrogen-bond acceptors (Lipinski definition) is 2. The Kier molecular flexibility index (Phi) is 2.59. The van der Waals surface area contributed by atoms with E-state index in [-0.39, 0.29) is 17.0 Å². The van der Waals surface area contributed by atoms with Crippen LogP contribution in [0.3, 0.4) is 0 Å². The third-order valence-electron chi connectivity index (χ3n) is 3.77. The van der Waals surface area contributed by atoms with Crippen molar-refractivity contribution in [2.24, 2.45) is 0 Å². The summed E-state index contributed by atoms with van der Waals surface area (Å²) in [5.41, 5.74) is -0.166. The highest BCUT2D eigenvalue weighted by Crippen LogP contribution is 2.43. The van der Waals surface area contributed by atoms with E-state index in [0.717, 1.165) is 38.1 Å². The maximum absolute atomic E-state index is 13.6. The Morgan fingerprint density at radius 3 is 2.78 bits per heavy atom. The molecule has 3 nitrogen and oxygen atoms in total. The Hall–Kier alpha value is -1.49. The van der Waals surface area contributed by atoms with Crippen LogP contribution in [0.5, 0.6) is 0 Å². The Bertz CT molecular complexity index is 500. The van der Waals surface area contributed by atoms with Crippen LogP contribution < -0.4 is 5.32 Å². The molecule has 1 saturated heterocycles. The van der Waals surface area contributed by atoms with Gasteiger partial charge in [-0.15, -0.1) is 0 Å². The molecule has 1 aliphatic carbocycles. The van der Waals surface area contributed by atoms with E-state index in [0.29, 0.717) is 6.54 Å². The Morgan fingerprint density at radius 1 is 1.33 bits per heavy atom. The Morgan fingerprint density at radius 2 is 2.11 bits per heavy atom. The highest BCUT2D eigenvalue weighted by Gasteiger charge is 2.51. The molecule has 96 valence electrons. The number of hydrogen-bond donors (Lipinski definition) is 1. The summed E-state index contributed by atoms with van der Waals surface area (Å²) in [6, 6.07) is 3.11. The van der Waals surface area contributed by atoms with Gasteiger partial charge in [-0.05, 0) is 25.0 Å². The van der Waals surface area contributed by atoms with Gasteiger partial charge in [-0.2, -0.15) is 0 Å². The molecule has 1 saturated carbocycles. The number of benzene rings is 1. The second-order valence-corrected chi connectivity index (χ2v) is 4.98. The fourth-order valence-corrected chi connectivity index (χ4v) is 2.56. The topological polar surface area (TPSA) is 32.3 Å². The van der Waals surface area contributed by atoms with Gasteiger partial charge in [-0.25, -0.2) is 8.78 Å². The van der Waals surface area contributed by atoms with E-state index in [4.69, 9.17) is 0 Å². The SMILES string of the molecule is O=C(c1ccc(F)cc1F)N1CCNCC12CC2. The van der Waals surface area contributed by atoms with Gasteiger partial charge in [0.1, 0.15) is 11.6 Å². The van der Waals surface area contributed by atoms with Crippen LogP contribution in [-0.2, 0) is 0 Å². The van der Waals surface area contributed by atoms with E-state index >= 15 is 0 Å². The maximum Gasteiger partial charge on any atom is 0.257 e. The van der Waals surface area contributed by atoms with Crippen LogP contribution in [0, 0.1) is 11.6 Å². The summed E-state index contributed by atoms with van der Waals surface area (Å²) in [7, 11) is 0.